The van der Waals surface area contributed by atoms with Crippen molar-refractivity contribution in [2.45, 2.75) is 6.92 Å². The number of carboxylic acids is 1. The van der Waals surface area contributed by atoms with Crippen molar-refractivity contribution in [2.75, 3.05) is 0 Å². The fraction of sp³-hybridized carbons (Fsp3) is 0.0476. The Morgan fingerprint density at radius 1 is 1.08 bits per heavy atom. The van der Waals surface area contributed by atoms with Crippen LogP contribution in [0, 0.1) is 18.3 Å². The average molecular weight is 329 g/mol. The molecule has 0 unspecified atom stereocenters. The number of hydrogen-bond acceptors (Lipinski definition) is 3. The van der Waals surface area contributed by atoms with Gasteiger partial charge in [0, 0.05) is 5.56 Å². The van der Waals surface area contributed by atoms with Crippen molar-refractivity contribution >= 4 is 17.6 Å². The number of aryl methyl sites for hydroxylation is 1. The smallest absolute Gasteiger partial charge is 0.335 e. The van der Waals surface area contributed by atoms with Gasteiger partial charge in [0.15, 0.2) is 0 Å². The number of aromatic carboxylic acids is 1. The molecule has 122 valence electrons. The Balaban J connectivity index is 1.94. The monoisotopic (exact) mass is 329 g/mol. The van der Waals surface area contributed by atoms with Crippen molar-refractivity contribution in [1.82, 2.24) is 0 Å². The molecule has 1 heterocycles. The lowest BCUT2D eigenvalue weighted by molar-refractivity contribution is 0.0697. The van der Waals surface area contributed by atoms with Crippen LogP contribution in [-0.4, -0.2) is 11.1 Å². The summed E-state index contributed by atoms with van der Waals surface area (Å²) in [6.07, 6.45) is 1.69. The summed E-state index contributed by atoms with van der Waals surface area (Å²) < 4.78 is 5.83. The highest BCUT2D eigenvalue weighted by Gasteiger charge is 2.11. The number of carboxylic acid groups (broad SMARTS) is 1. The van der Waals surface area contributed by atoms with Gasteiger partial charge in [-0.25, -0.2) is 4.79 Å². The van der Waals surface area contributed by atoms with E-state index in [9.17, 15) is 10.1 Å². The Morgan fingerprint density at radius 3 is 2.48 bits per heavy atom. The number of nitrogens with zero attached hydrogens (tertiary/aromatic N) is 1. The van der Waals surface area contributed by atoms with Gasteiger partial charge in [0.05, 0.1) is 17.2 Å². The van der Waals surface area contributed by atoms with Crippen LogP contribution in [0.15, 0.2) is 65.1 Å². The van der Waals surface area contributed by atoms with Gasteiger partial charge >= 0.3 is 5.97 Å². The average Bonchev–Trinajstić information content (AvgIpc) is 3.08. The summed E-state index contributed by atoms with van der Waals surface area (Å²) in [6.45, 7) is 1.84. The maximum absolute atomic E-state index is 11.0. The molecule has 4 heteroatoms. The van der Waals surface area contributed by atoms with Crippen molar-refractivity contribution in [3.63, 3.8) is 0 Å². The molecule has 0 atom stereocenters. The number of hydrogen-bond donors (Lipinski definition) is 1. The van der Waals surface area contributed by atoms with Crippen molar-refractivity contribution < 1.29 is 14.3 Å². The molecule has 25 heavy (non-hydrogen) atoms. The van der Waals surface area contributed by atoms with Crippen molar-refractivity contribution in [3.05, 3.63) is 83.1 Å². The lowest BCUT2D eigenvalue weighted by atomic mass is 10.0. The molecular formula is C21H15NO3. The molecule has 0 aliphatic heterocycles. The first-order valence-corrected chi connectivity index (χ1v) is 7.70. The van der Waals surface area contributed by atoms with E-state index >= 15 is 0 Å². The van der Waals surface area contributed by atoms with Gasteiger partial charge in [-0.15, -0.1) is 0 Å². The first-order valence-electron chi connectivity index (χ1n) is 7.70. The quantitative estimate of drug-likeness (QED) is 0.682. The molecule has 0 aliphatic rings. The van der Waals surface area contributed by atoms with E-state index in [0.717, 1.165) is 16.7 Å². The third kappa shape index (κ3) is 3.51. The number of furan rings is 1. The van der Waals surface area contributed by atoms with Crippen LogP contribution in [0.2, 0.25) is 0 Å². The fourth-order valence-electron chi connectivity index (χ4n) is 2.59. The zero-order valence-electron chi connectivity index (χ0n) is 13.6. The number of allylic oxidation sites excluding steroid dienone is 1. The van der Waals surface area contributed by atoms with Crippen molar-refractivity contribution in [1.29, 1.82) is 5.26 Å². The van der Waals surface area contributed by atoms with Crippen LogP contribution in [0.4, 0.5) is 0 Å². The minimum absolute atomic E-state index is 0.240. The zero-order valence-corrected chi connectivity index (χ0v) is 13.6. The second-order valence-corrected chi connectivity index (χ2v) is 5.57. The third-order valence-corrected chi connectivity index (χ3v) is 3.86. The fourth-order valence-corrected chi connectivity index (χ4v) is 2.59. The van der Waals surface area contributed by atoms with Gasteiger partial charge in [0.25, 0.3) is 0 Å². The Hall–Kier alpha value is -3.58. The standard InChI is InChI=1S/C21H15NO3/c1-14-11-16(21(23)24)7-9-19(14)20-10-8-18(25-20)12-17(13-22)15-5-3-2-4-6-15/h2-12H,1H3,(H,23,24)/b17-12+. The summed E-state index contributed by atoms with van der Waals surface area (Å²) in [5.41, 5.74) is 3.21. The highest BCUT2D eigenvalue weighted by molar-refractivity contribution is 5.90. The number of rotatable bonds is 4. The van der Waals surface area contributed by atoms with Crippen LogP contribution < -0.4 is 0 Å². The third-order valence-electron chi connectivity index (χ3n) is 3.86. The van der Waals surface area contributed by atoms with Gasteiger partial charge in [-0.05, 0) is 48.4 Å². The molecule has 0 bridgehead atoms. The van der Waals surface area contributed by atoms with Crippen LogP contribution >= 0.6 is 0 Å². The van der Waals surface area contributed by atoms with Gasteiger partial charge in [-0.3, -0.25) is 0 Å². The van der Waals surface area contributed by atoms with Crippen LogP contribution in [0.1, 0.15) is 27.2 Å². The van der Waals surface area contributed by atoms with Crippen LogP contribution in [-0.2, 0) is 0 Å². The van der Waals surface area contributed by atoms with Gasteiger partial charge in [0.2, 0.25) is 0 Å². The summed E-state index contributed by atoms with van der Waals surface area (Å²) in [4.78, 5) is 11.0. The summed E-state index contributed by atoms with van der Waals surface area (Å²) >= 11 is 0. The van der Waals surface area contributed by atoms with Gasteiger partial charge < -0.3 is 9.52 Å². The SMILES string of the molecule is Cc1cc(C(=O)O)ccc1-c1ccc(/C=C(\C#N)c2ccccc2)o1. The molecule has 0 fully saturated rings. The normalized spacial score (nSPS) is 11.1. The van der Waals surface area contributed by atoms with E-state index in [2.05, 4.69) is 6.07 Å². The topological polar surface area (TPSA) is 74.2 Å². The summed E-state index contributed by atoms with van der Waals surface area (Å²) in [6, 6.07) is 20.1. The highest BCUT2D eigenvalue weighted by Crippen LogP contribution is 2.28. The molecule has 2 aromatic carbocycles. The maximum atomic E-state index is 11.0. The zero-order chi connectivity index (χ0) is 17.8. The predicted octanol–water partition coefficient (Wildman–Crippen LogP) is 5.02. The van der Waals surface area contributed by atoms with Crippen molar-refractivity contribution in [3.8, 4) is 17.4 Å². The minimum atomic E-state index is -0.959. The first-order chi connectivity index (χ1) is 12.1. The molecule has 0 amide bonds. The molecule has 0 saturated heterocycles. The Bertz CT molecular complexity index is 991. The van der Waals surface area contributed by atoms with Crippen LogP contribution in [0.25, 0.3) is 23.0 Å². The molecule has 0 aliphatic carbocycles. The van der Waals surface area contributed by atoms with E-state index < -0.39 is 5.97 Å². The van der Waals surface area contributed by atoms with Gasteiger partial charge in [-0.1, -0.05) is 36.4 Å². The molecule has 1 aromatic heterocycles. The number of carbonyl (C=O) groups is 1. The lowest BCUT2D eigenvalue weighted by Gasteiger charge is -2.04. The number of nitriles is 1. The molecule has 0 saturated carbocycles. The second kappa shape index (κ2) is 6.90. The van der Waals surface area contributed by atoms with E-state index in [0.29, 0.717) is 17.1 Å². The van der Waals surface area contributed by atoms with E-state index in [1.165, 1.54) is 0 Å². The highest BCUT2D eigenvalue weighted by atomic mass is 16.4. The molecule has 3 aromatic rings. The van der Waals surface area contributed by atoms with E-state index in [-0.39, 0.29) is 5.56 Å². The minimum Gasteiger partial charge on any atom is -0.478 e. The molecular weight excluding hydrogens is 314 g/mol. The molecule has 4 nitrogen and oxygen atoms in total. The number of benzene rings is 2. The Morgan fingerprint density at radius 2 is 1.84 bits per heavy atom. The molecule has 1 N–H and O–H groups in total. The largest absolute Gasteiger partial charge is 0.478 e. The maximum Gasteiger partial charge on any atom is 0.335 e. The summed E-state index contributed by atoms with van der Waals surface area (Å²) in [7, 11) is 0. The Kier molecular flexibility index (Phi) is 4.49. The van der Waals surface area contributed by atoms with Crippen molar-refractivity contribution in [2.24, 2.45) is 0 Å². The van der Waals surface area contributed by atoms with E-state index in [4.69, 9.17) is 9.52 Å². The Labute approximate surface area is 145 Å². The predicted molar refractivity (Wildman–Crippen MR) is 95.8 cm³/mol. The first kappa shape index (κ1) is 16.3. The summed E-state index contributed by atoms with van der Waals surface area (Å²) in [5.74, 6) is 0.238. The van der Waals surface area contributed by atoms with Gasteiger partial charge in [0.1, 0.15) is 11.5 Å². The molecule has 0 spiro atoms. The lowest BCUT2D eigenvalue weighted by Crippen LogP contribution is -1.96. The van der Waals surface area contributed by atoms with E-state index in [1.54, 1.807) is 30.3 Å². The summed E-state index contributed by atoms with van der Waals surface area (Å²) in [5, 5.41) is 18.4. The van der Waals surface area contributed by atoms with Crippen LogP contribution in [0.3, 0.4) is 0 Å². The van der Waals surface area contributed by atoms with Gasteiger partial charge in [-0.2, -0.15) is 5.26 Å². The van der Waals surface area contributed by atoms with E-state index in [1.807, 2.05) is 43.3 Å². The van der Waals surface area contributed by atoms with Crippen LogP contribution in [0.5, 0.6) is 0 Å². The molecule has 3 rings (SSSR count). The second-order valence-electron chi connectivity index (χ2n) is 5.57. The molecule has 0 radical (unpaired) electrons.